The first-order chi connectivity index (χ1) is 9.86. The van der Waals surface area contributed by atoms with Crippen molar-refractivity contribution in [2.75, 3.05) is 7.05 Å². The van der Waals surface area contributed by atoms with Crippen molar-refractivity contribution in [3.63, 3.8) is 0 Å². The summed E-state index contributed by atoms with van der Waals surface area (Å²) in [4.78, 5) is 0. The van der Waals surface area contributed by atoms with Gasteiger partial charge in [0.15, 0.2) is 0 Å². The van der Waals surface area contributed by atoms with E-state index in [1.165, 1.54) is 42.0 Å². The molecule has 2 nitrogen and oxygen atoms in total. The van der Waals surface area contributed by atoms with Crippen LogP contribution in [0.4, 0.5) is 0 Å². The van der Waals surface area contributed by atoms with Crippen LogP contribution in [0.25, 0.3) is 10.8 Å². The Labute approximate surface area is 121 Å². The number of ether oxygens (including phenoxy) is 1. The van der Waals surface area contributed by atoms with Crippen molar-refractivity contribution < 1.29 is 4.74 Å². The molecule has 0 aliphatic heterocycles. The van der Waals surface area contributed by atoms with E-state index >= 15 is 0 Å². The normalized spacial score (nSPS) is 23.1. The van der Waals surface area contributed by atoms with Crippen molar-refractivity contribution in [2.45, 2.75) is 44.4 Å². The fourth-order valence-corrected chi connectivity index (χ4v) is 3.14. The molecule has 1 N–H and O–H groups in total. The molecular formula is C18H23NO. The predicted octanol–water partition coefficient (Wildman–Crippen LogP) is 3.89. The Morgan fingerprint density at radius 2 is 1.75 bits per heavy atom. The summed E-state index contributed by atoms with van der Waals surface area (Å²) in [5.74, 6) is 0. The molecule has 0 aromatic heterocycles. The van der Waals surface area contributed by atoms with Gasteiger partial charge in [0, 0.05) is 6.04 Å². The highest BCUT2D eigenvalue weighted by Gasteiger charge is 2.20. The molecule has 0 radical (unpaired) electrons. The minimum Gasteiger partial charge on any atom is -0.374 e. The van der Waals surface area contributed by atoms with Gasteiger partial charge in [-0.15, -0.1) is 0 Å². The van der Waals surface area contributed by atoms with Crippen LogP contribution in [0, 0.1) is 0 Å². The van der Waals surface area contributed by atoms with Crippen LogP contribution >= 0.6 is 0 Å². The molecule has 2 aromatic rings. The molecule has 1 aliphatic rings. The van der Waals surface area contributed by atoms with E-state index in [0.717, 1.165) is 6.61 Å². The number of rotatable bonds is 4. The van der Waals surface area contributed by atoms with Crippen molar-refractivity contribution in [1.82, 2.24) is 5.32 Å². The van der Waals surface area contributed by atoms with Gasteiger partial charge in [-0.1, -0.05) is 42.5 Å². The maximum Gasteiger partial charge on any atom is 0.0726 e. The molecule has 0 saturated heterocycles. The first-order valence-electron chi connectivity index (χ1n) is 7.62. The van der Waals surface area contributed by atoms with E-state index in [-0.39, 0.29) is 0 Å². The zero-order valence-corrected chi connectivity index (χ0v) is 12.1. The maximum absolute atomic E-state index is 6.14. The van der Waals surface area contributed by atoms with Crippen LogP contribution in [0.5, 0.6) is 0 Å². The van der Waals surface area contributed by atoms with Crippen LogP contribution < -0.4 is 5.32 Å². The summed E-state index contributed by atoms with van der Waals surface area (Å²) in [7, 11) is 2.06. The Morgan fingerprint density at radius 3 is 2.55 bits per heavy atom. The predicted molar refractivity (Wildman–Crippen MR) is 83.8 cm³/mol. The third kappa shape index (κ3) is 3.02. The highest BCUT2D eigenvalue weighted by molar-refractivity contribution is 5.85. The van der Waals surface area contributed by atoms with Crippen LogP contribution in [-0.4, -0.2) is 19.2 Å². The van der Waals surface area contributed by atoms with Gasteiger partial charge in [-0.3, -0.25) is 0 Å². The minimum absolute atomic E-state index is 0.429. The third-order valence-electron chi connectivity index (χ3n) is 4.44. The Kier molecular flexibility index (Phi) is 4.34. The summed E-state index contributed by atoms with van der Waals surface area (Å²) in [6.07, 6.45) is 5.25. The molecular weight excluding hydrogens is 246 g/mol. The lowest BCUT2D eigenvalue weighted by molar-refractivity contribution is 0.0124. The Morgan fingerprint density at radius 1 is 1.00 bits per heavy atom. The smallest absolute Gasteiger partial charge is 0.0726 e. The number of hydrogen-bond donors (Lipinski definition) is 1. The van der Waals surface area contributed by atoms with Crippen LogP contribution in [0.2, 0.25) is 0 Å². The number of benzene rings is 2. The second-order valence-electron chi connectivity index (χ2n) is 5.71. The molecule has 3 rings (SSSR count). The highest BCUT2D eigenvalue weighted by Crippen LogP contribution is 2.24. The van der Waals surface area contributed by atoms with Gasteiger partial charge in [-0.2, -0.15) is 0 Å². The van der Waals surface area contributed by atoms with Crippen molar-refractivity contribution in [3.05, 3.63) is 48.0 Å². The second kappa shape index (κ2) is 6.38. The minimum atomic E-state index is 0.429. The van der Waals surface area contributed by atoms with E-state index in [4.69, 9.17) is 4.74 Å². The molecule has 2 aromatic carbocycles. The van der Waals surface area contributed by atoms with E-state index in [1.807, 2.05) is 0 Å². The summed E-state index contributed by atoms with van der Waals surface area (Å²) < 4.78 is 6.14. The van der Waals surface area contributed by atoms with Gasteiger partial charge >= 0.3 is 0 Å². The molecule has 0 atom stereocenters. The molecule has 0 unspecified atom stereocenters. The van der Waals surface area contributed by atoms with Crippen molar-refractivity contribution in [1.29, 1.82) is 0 Å². The van der Waals surface area contributed by atoms with Crippen molar-refractivity contribution >= 4 is 10.8 Å². The first kappa shape index (κ1) is 13.6. The molecule has 0 bridgehead atoms. The fraction of sp³-hybridized carbons (Fsp3) is 0.444. The van der Waals surface area contributed by atoms with Gasteiger partial charge in [0.25, 0.3) is 0 Å². The molecule has 0 heterocycles. The molecule has 1 saturated carbocycles. The van der Waals surface area contributed by atoms with Crippen molar-refractivity contribution in [3.8, 4) is 0 Å². The lowest BCUT2D eigenvalue weighted by atomic mass is 9.93. The van der Waals surface area contributed by atoms with Gasteiger partial charge in [0.2, 0.25) is 0 Å². The van der Waals surface area contributed by atoms with Crippen LogP contribution in [0.15, 0.2) is 42.5 Å². The zero-order valence-electron chi connectivity index (χ0n) is 12.1. The zero-order chi connectivity index (χ0) is 13.8. The maximum atomic E-state index is 6.14. The lowest BCUT2D eigenvalue weighted by Crippen LogP contribution is -2.32. The average Bonchev–Trinajstić information content (AvgIpc) is 2.53. The SMILES string of the molecule is CNC1CCC(OCc2cccc3ccccc23)CC1. The summed E-state index contributed by atoms with van der Waals surface area (Å²) in [5.41, 5.74) is 1.30. The van der Waals surface area contributed by atoms with Gasteiger partial charge in [-0.25, -0.2) is 0 Å². The number of hydrogen-bond acceptors (Lipinski definition) is 2. The van der Waals surface area contributed by atoms with E-state index in [9.17, 15) is 0 Å². The van der Waals surface area contributed by atoms with E-state index in [2.05, 4.69) is 54.8 Å². The summed E-state index contributed by atoms with van der Waals surface area (Å²) in [5, 5.41) is 5.98. The quantitative estimate of drug-likeness (QED) is 0.909. The number of fused-ring (bicyclic) bond motifs is 1. The summed E-state index contributed by atoms with van der Waals surface area (Å²) >= 11 is 0. The van der Waals surface area contributed by atoms with Gasteiger partial charge in [0.1, 0.15) is 0 Å². The second-order valence-corrected chi connectivity index (χ2v) is 5.71. The standard InChI is InChI=1S/C18H23NO/c1-19-16-9-11-17(12-10-16)20-13-15-7-4-6-14-5-2-3-8-18(14)15/h2-8,16-17,19H,9-13H2,1H3. The Balaban J connectivity index is 1.63. The highest BCUT2D eigenvalue weighted by atomic mass is 16.5. The molecule has 0 amide bonds. The van der Waals surface area contributed by atoms with Crippen LogP contribution in [-0.2, 0) is 11.3 Å². The third-order valence-corrected chi connectivity index (χ3v) is 4.44. The van der Waals surface area contributed by atoms with E-state index in [0.29, 0.717) is 12.1 Å². The molecule has 1 fully saturated rings. The number of nitrogens with one attached hydrogen (secondary N) is 1. The van der Waals surface area contributed by atoms with E-state index in [1.54, 1.807) is 0 Å². The molecule has 106 valence electrons. The van der Waals surface area contributed by atoms with Crippen molar-refractivity contribution in [2.24, 2.45) is 0 Å². The molecule has 0 spiro atoms. The van der Waals surface area contributed by atoms with Gasteiger partial charge in [-0.05, 0) is 49.1 Å². The van der Waals surface area contributed by atoms with Gasteiger partial charge < -0.3 is 10.1 Å². The molecule has 2 heteroatoms. The molecule has 1 aliphatic carbocycles. The van der Waals surface area contributed by atoms with E-state index < -0.39 is 0 Å². The lowest BCUT2D eigenvalue weighted by Gasteiger charge is -2.28. The van der Waals surface area contributed by atoms with Crippen LogP contribution in [0.1, 0.15) is 31.2 Å². The summed E-state index contributed by atoms with van der Waals surface area (Å²) in [6.45, 7) is 0.732. The topological polar surface area (TPSA) is 21.3 Å². The fourth-order valence-electron chi connectivity index (χ4n) is 3.14. The monoisotopic (exact) mass is 269 g/mol. The molecule has 20 heavy (non-hydrogen) atoms. The average molecular weight is 269 g/mol. The largest absolute Gasteiger partial charge is 0.374 e. The Hall–Kier alpha value is -1.38. The first-order valence-corrected chi connectivity index (χ1v) is 7.62. The van der Waals surface area contributed by atoms with Crippen LogP contribution in [0.3, 0.4) is 0 Å². The Bertz CT molecular complexity index is 553. The van der Waals surface area contributed by atoms with Gasteiger partial charge in [0.05, 0.1) is 12.7 Å². The summed E-state index contributed by atoms with van der Waals surface area (Å²) in [6, 6.07) is 15.7.